The highest BCUT2D eigenvalue weighted by atomic mass is 32.1. The average molecular weight is 238 g/mol. The van der Waals surface area contributed by atoms with Crippen LogP contribution in [0, 0.1) is 5.92 Å². The van der Waals surface area contributed by atoms with Gasteiger partial charge in [-0.2, -0.15) is 0 Å². The van der Waals surface area contributed by atoms with Crippen LogP contribution < -0.4 is 16.2 Å². The number of carbonyl (C=O) groups excluding carboxylic acids is 1. The predicted octanol–water partition coefficient (Wildman–Crippen LogP) is 1.09. The summed E-state index contributed by atoms with van der Waals surface area (Å²) < 4.78 is 5.44. The first-order chi connectivity index (χ1) is 7.50. The van der Waals surface area contributed by atoms with E-state index in [0.717, 1.165) is 0 Å². The lowest BCUT2D eigenvalue weighted by atomic mass is 10.2. The van der Waals surface area contributed by atoms with Crippen molar-refractivity contribution in [2.45, 2.75) is 6.92 Å². The van der Waals surface area contributed by atoms with Crippen molar-refractivity contribution in [1.29, 1.82) is 0 Å². The highest BCUT2D eigenvalue weighted by Gasteiger charge is 2.07. The zero-order valence-electron chi connectivity index (χ0n) is 8.97. The van der Waals surface area contributed by atoms with Crippen LogP contribution >= 0.6 is 12.2 Å². The van der Waals surface area contributed by atoms with Crippen LogP contribution in [-0.4, -0.2) is 17.5 Å². The van der Waals surface area contributed by atoms with Crippen LogP contribution in [-0.2, 0) is 0 Å². The molecular weight excluding hydrogens is 224 g/mol. The molecule has 1 rings (SSSR count). The van der Waals surface area contributed by atoms with E-state index in [-0.39, 0.29) is 5.92 Å². The summed E-state index contributed by atoms with van der Waals surface area (Å²) in [5, 5.41) is 0. The van der Waals surface area contributed by atoms with E-state index in [4.69, 9.17) is 28.4 Å². The molecule has 1 unspecified atom stereocenters. The Morgan fingerprint density at radius 3 is 2.75 bits per heavy atom. The Kier molecular flexibility index (Phi) is 4.25. The van der Waals surface area contributed by atoms with Gasteiger partial charge in [-0.15, -0.1) is 0 Å². The molecule has 1 atom stereocenters. The quantitative estimate of drug-likeness (QED) is 0.753. The summed E-state index contributed by atoms with van der Waals surface area (Å²) in [4.78, 5) is 11.3. The standard InChI is InChI=1S/C11H14N2O2S/c1-7(11(13)16)6-15-9-4-2-3-8(5-9)10(12)14/h2-5,7H,6H2,1H3,(H2,12,14)(H2,13,16). The van der Waals surface area contributed by atoms with Crippen molar-refractivity contribution in [3.05, 3.63) is 29.8 Å². The fourth-order valence-electron chi connectivity index (χ4n) is 1.04. The molecule has 0 fully saturated rings. The number of thiocarbonyl (C=S) groups is 1. The maximum atomic E-state index is 10.9. The van der Waals surface area contributed by atoms with E-state index in [2.05, 4.69) is 0 Å². The van der Waals surface area contributed by atoms with E-state index in [1.54, 1.807) is 24.3 Å². The molecule has 0 aliphatic carbocycles. The minimum atomic E-state index is -0.479. The van der Waals surface area contributed by atoms with Gasteiger partial charge in [0.1, 0.15) is 5.75 Å². The Labute approximate surface area is 99.6 Å². The van der Waals surface area contributed by atoms with Crippen molar-refractivity contribution in [2.24, 2.45) is 17.4 Å². The Morgan fingerprint density at radius 2 is 2.19 bits per heavy atom. The van der Waals surface area contributed by atoms with Crippen molar-refractivity contribution in [3.63, 3.8) is 0 Å². The third-order valence-corrected chi connectivity index (χ3v) is 2.51. The number of amides is 1. The molecule has 1 amide bonds. The highest BCUT2D eigenvalue weighted by molar-refractivity contribution is 7.80. The van der Waals surface area contributed by atoms with E-state index in [9.17, 15) is 4.79 Å². The number of nitrogens with two attached hydrogens (primary N) is 2. The Morgan fingerprint density at radius 1 is 1.50 bits per heavy atom. The maximum absolute atomic E-state index is 10.9. The highest BCUT2D eigenvalue weighted by Crippen LogP contribution is 2.14. The number of rotatable bonds is 5. The van der Waals surface area contributed by atoms with Gasteiger partial charge in [-0.05, 0) is 18.2 Å². The van der Waals surface area contributed by atoms with Crippen LogP contribution in [0.3, 0.4) is 0 Å². The normalized spacial score (nSPS) is 11.8. The van der Waals surface area contributed by atoms with Crippen molar-refractivity contribution < 1.29 is 9.53 Å². The largest absolute Gasteiger partial charge is 0.493 e. The second-order valence-electron chi connectivity index (χ2n) is 3.51. The lowest BCUT2D eigenvalue weighted by molar-refractivity contribution is 0.1000. The zero-order valence-corrected chi connectivity index (χ0v) is 9.79. The van der Waals surface area contributed by atoms with Gasteiger partial charge in [-0.1, -0.05) is 25.2 Å². The lowest BCUT2D eigenvalue weighted by Gasteiger charge is -2.11. The number of primary amides is 1. The van der Waals surface area contributed by atoms with Crippen LogP contribution in [0.25, 0.3) is 0 Å². The minimum absolute atomic E-state index is 0.00719. The van der Waals surface area contributed by atoms with Crippen LogP contribution in [0.2, 0.25) is 0 Å². The van der Waals surface area contributed by atoms with Gasteiger partial charge >= 0.3 is 0 Å². The van der Waals surface area contributed by atoms with E-state index >= 15 is 0 Å². The first-order valence-corrected chi connectivity index (χ1v) is 5.23. The fraction of sp³-hybridized carbons (Fsp3) is 0.273. The Bertz CT molecular complexity index is 407. The van der Waals surface area contributed by atoms with Gasteiger partial charge in [0, 0.05) is 11.5 Å². The summed E-state index contributed by atoms with van der Waals surface area (Å²) in [6.45, 7) is 2.26. The van der Waals surface area contributed by atoms with Gasteiger partial charge in [0.05, 0.1) is 11.6 Å². The van der Waals surface area contributed by atoms with Crippen molar-refractivity contribution in [1.82, 2.24) is 0 Å². The molecule has 4 nitrogen and oxygen atoms in total. The molecule has 0 aliphatic heterocycles. The summed E-state index contributed by atoms with van der Waals surface area (Å²) >= 11 is 4.82. The molecule has 0 radical (unpaired) electrons. The van der Waals surface area contributed by atoms with Crippen molar-refractivity contribution in [2.75, 3.05) is 6.61 Å². The third kappa shape index (κ3) is 3.51. The first kappa shape index (κ1) is 12.4. The molecule has 0 aliphatic rings. The third-order valence-electron chi connectivity index (χ3n) is 2.10. The number of ether oxygens (including phenoxy) is 1. The molecule has 5 heteroatoms. The fourth-order valence-corrected chi connectivity index (χ4v) is 1.11. The summed E-state index contributed by atoms with van der Waals surface area (Å²) in [6, 6.07) is 6.68. The smallest absolute Gasteiger partial charge is 0.248 e. The second kappa shape index (κ2) is 5.46. The molecule has 0 aromatic heterocycles. The van der Waals surface area contributed by atoms with Crippen molar-refractivity contribution >= 4 is 23.1 Å². The average Bonchev–Trinajstić information content (AvgIpc) is 2.26. The topological polar surface area (TPSA) is 78.3 Å². The summed E-state index contributed by atoms with van der Waals surface area (Å²) in [7, 11) is 0. The molecule has 0 saturated carbocycles. The van der Waals surface area contributed by atoms with Gasteiger partial charge in [0.2, 0.25) is 5.91 Å². The molecule has 86 valence electrons. The van der Waals surface area contributed by atoms with Gasteiger partial charge in [-0.25, -0.2) is 0 Å². The molecule has 0 spiro atoms. The molecule has 1 aromatic carbocycles. The molecule has 0 heterocycles. The summed E-state index contributed by atoms with van der Waals surface area (Å²) in [5.74, 6) is 0.0967. The molecular formula is C11H14N2O2S. The minimum Gasteiger partial charge on any atom is -0.493 e. The Hall–Kier alpha value is -1.62. The number of carbonyl (C=O) groups is 1. The molecule has 1 aromatic rings. The zero-order chi connectivity index (χ0) is 12.1. The van der Waals surface area contributed by atoms with Gasteiger partial charge < -0.3 is 16.2 Å². The van der Waals surface area contributed by atoms with Crippen LogP contribution in [0.15, 0.2) is 24.3 Å². The molecule has 0 bridgehead atoms. The van der Waals surface area contributed by atoms with Crippen LogP contribution in [0.5, 0.6) is 5.75 Å². The van der Waals surface area contributed by atoms with Crippen LogP contribution in [0.1, 0.15) is 17.3 Å². The maximum Gasteiger partial charge on any atom is 0.248 e. The Balaban J connectivity index is 2.64. The van der Waals surface area contributed by atoms with E-state index < -0.39 is 5.91 Å². The monoisotopic (exact) mass is 238 g/mol. The lowest BCUT2D eigenvalue weighted by Crippen LogP contribution is -2.24. The second-order valence-corrected chi connectivity index (χ2v) is 3.98. The number of hydrogen-bond donors (Lipinski definition) is 2. The summed E-state index contributed by atoms with van der Waals surface area (Å²) in [6.07, 6.45) is 0. The van der Waals surface area contributed by atoms with E-state index in [0.29, 0.717) is 22.9 Å². The van der Waals surface area contributed by atoms with Gasteiger partial charge in [0.15, 0.2) is 0 Å². The molecule has 4 N–H and O–H groups in total. The number of hydrogen-bond acceptors (Lipinski definition) is 3. The van der Waals surface area contributed by atoms with E-state index in [1.807, 2.05) is 6.92 Å². The van der Waals surface area contributed by atoms with E-state index in [1.165, 1.54) is 0 Å². The molecule has 16 heavy (non-hydrogen) atoms. The van der Waals surface area contributed by atoms with Crippen LogP contribution in [0.4, 0.5) is 0 Å². The van der Waals surface area contributed by atoms with Gasteiger partial charge in [0.25, 0.3) is 0 Å². The summed E-state index contributed by atoms with van der Waals surface area (Å²) in [5.41, 5.74) is 11.0. The SMILES string of the molecule is CC(COc1cccc(C(N)=O)c1)C(N)=S. The van der Waals surface area contributed by atoms with Gasteiger partial charge in [-0.3, -0.25) is 4.79 Å². The van der Waals surface area contributed by atoms with Crippen molar-refractivity contribution in [3.8, 4) is 5.75 Å². The number of benzene rings is 1. The first-order valence-electron chi connectivity index (χ1n) is 4.82. The molecule has 0 saturated heterocycles. The predicted molar refractivity (Wildman–Crippen MR) is 66.4 cm³/mol.